The summed E-state index contributed by atoms with van der Waals surface area (Å²) in [7, 11) is -0.486. The van der Waals surface area contributed by atoms with Gasteiger partial charge in [0.2, 0.25) is 10.0 Å². The average Bonchev–Trinajstić information content (AvgIpc) is 3.15. The molecule has 0 radical (unpaired) electrons. The first-order valence-corrected chi connectivity index (χ1v) is 11.6. The van der Waals surface area contributed by atoms with Crippen LogP contribution in [0.25, 0.3) is 17.1 Å². The van der Waals surface area contributed by atoms with E-state index in [4.69, 9.17) is 9.47 Å². The van der Waals surface area contributed by atoms with Crippen LogP contribution in [0.4, 0.5) is 5.69 Å². The number of hydrogen-bond acceptors (Lipinski definition) is 8. The molecule has 1 aromatic heterocycles. The van der Waals surface area contributed by atoms with Crippen molar-refractivity contribution in [2.45, 2.75) is 5.16 Å². The van der Waals surface area contributed by atoms with Crippen LogP contribution in [0.15, 0.2) is 53.7 Å². The van der Waals surface area contributed by atoms with Gasteiger partial charge in [0.05, 0.1) is 31.9 Å². The van der Waals surface area contributed by atoms with Crippen molar-refractivity contribution in [1.82, 2.24) is 14.8 Å². The highest BCUT2D eigenvalue weighted by Gasteiger charge is 2.20. The van der Waals surface area contributed by atoms with E-state index in [-0.39, 0.29) is 11.7 Å². The Balaban J connectivity index is 2.06. The summed E-state index contributed by atoms with van der Waals surface area (Å²) in [5.41, 5.74) is 1.84. The molecule has 0 spiro atoms. The molecule has 0 aliphatic carbocycles. The lowest BCUT2D eigenvalue weighted by Crippen LogP contribution is -2.09. The third-order valence-corrected chi connectivity index (χ3v) is 5.46. The fraction of sp³-hybridized carbons (Fsp3) is 0.211. The predicted molar refractivity (Wildman–Crippen MR) is 115 cm³/mol. The van der Waals surface area contributed by atoms with Crippen molar-refractivity contribution >= 4 is 33.4 Å². The van der Waals surface area contributed by atoms with Gasteiger partial charge in [0.25, 0.3) is 0 Å². The van der Waals surface area contributed by atoms with Gasteiger partial charge in [-0.3, -0.25) is 14.1 Å². The van der Waals surface area contributed by atoms with Crippen molar-refractivity contribution in [2.24, 2.45) is 0 Å². The van der Waals surface area contributed by atoms with Crippen molar-refractivity contribution in [3.8, 4) is 22.8 Å². The van der Waals surface area contributed by atoms with Crippen molar-refractivity contribution < 1.29 is 22.7 Å². The molecule has 1 heterocycles. The molecule has 2 aromatic carbocycles. The van der Waals surface area contributed by atoms with Gasteiger partial charge in [0.15, 0.2) is 11.0 Å². The lowest BCUT2D eigenvalue weighted by atomic mass is 10.2. The Morgan fingerprint density at radius 3 is 2.43 bits per heavy atom. The minimum atomic E-state index is -3.38. The van der Waals surface area contributed by atoms with Gasteiger partial charge in [-0.2, -0.15) is 0 Å². The molecule has 3 rings (SSSR count). The standard InChI is InChI=1S/C19H20N4O5S2/c1-27-16-7-5-4-6-15(16)23-18(20-21-19(23)29-12-17(24)28-2)13-8-10-14(11-9-13)22-30(3,25)26/h4-11,22H,12H2,1-3H3. The van der Waals surface area contributed by atoms with Crippen LogP contribution < -0.4 is 9.46 Å². The largest absolute Gasteiger partial charge is 0.495 e. The van der Waals surface area contributed by atoms with Gasteiger partial charge in [0, 0.05) is 11.3 Å². The number of aromatic nitrogens is 3. The third kappa shape index (κ3) is 5.10. The number of benzene rings is 2. The van der Waals surface area contributed by atoms with Gasteiger partial charge in [-0.1, -0.05) is 23.9 Å². The molecule has 9 nitrogen and oxygen atoms in total. The zero-order chi connectivity index (χ0) is 21.7. The van der Waals surface area contributed by atoms with Crippen molar-refractivity contribution in [3.63, 3.8) is 0 Å². The Kier molecular flexibility index (Phi) is 6.63. The van der Waals surface area contributed by atoms with Gasteiger partial charge >= 0.3 is 5.97 Å². The number of sulfonamides is 1. The predicted octanol–water partition coefficient (Wildman–Crippen LogP) is 2.58. The molecule has 11 heteroatoms. The van der Waals surface area contributed by atoms with Gasteiger partial charge in [-0.25, -0.2) is 8.42 Å². The lowest BCUT2D eigenvalue weighted by molar-refractivity contribution is -0.137. The van der Waals surface area contributed by atoms with Gasteiger partial charge in [-0.05, 0) is 36.4 Å². The Labute approximate surface area is 178 Å². The molecule has 158 valence electrons. The number of anilines is 1. The van der Waals surface area contributed by atoms with Gasteiger partial charge in [0.1, 0.15) is 5.75 Å². The molecule has 3 aromatic rings. The minimum absolute atomic E-state index is 0.0704. The smallest absolute Gasteiger partial charge is 0.316 e. The Morgan fingerprint density at radius 1 is 1.10 bits per heavy atom. The molecular weight excluding hydrogens is 428 g/mol. The molecule has 0 saturated carbocycles. The number of ether oxygens (including phenoxy) is 2. The number of methoxy groups -OCH3 is 2. The van der Waals surface area contributed by atoms with E-state index < -0.39 is 10.0 Å². The summed E-state index contributed by atoms with van der Waals surface area (Å²) < 4.78 is 37.3. The molecular formula is C19H20N4O5S2. The fourth-order valence-corrected chi connectivity index (χ4v) is 4.01. The number of para-hydroxylation sites is 2. The molecule has 0 aliphatic heterocycles. The topological polar surface area (TPSA) is 112 Å². The zero-order valence-corrected chi connectivity index (χ0v) is 18.2. The molecule has 1 N–H and O–H groups in total. The van der Waals surface area contributed by atoms with E-state index in [2.05, 4.69) is 14.9 Å². The summed E-state index contributed by atoms with van der Waals surface area (Å²) in [5.74, 6) is 0.806. The second-order valence-corrected chi connectivity index (χ2v) is 8.82. The Hall–Kier alpha value is -3.05. The number of nitrogens with zero attached hydrogens (tertiary/aromatic N) is 3. The van der Waals surface area contributed by atoms with Gasteiger partial charge in [-0.15, -0.1) is 10.2 Å². The van der Waals surface area contributed by atoms with Crippen LogP contribution in [-0.2, 0) is 19.6 Å². The zero-order valence-electron chi connectivity index (χ0n) is 16.5. The van der Waals surface area contributed by atoms with E-state index in [1.54, 1.807) is 35.9 Å². The molecule has 0 fully saturated rings. The Morgan fingerprint density at radius 2 is 1.80 bits per heavy atom. The first kappa shape index (κ1) is 21.7. The lowest BCUT2D eigenvalue weighted by Gasteiger charge is -2.14. The van der Waals surface area contributed by atoms with E-state index in [1.165, 1.54) is 18.9 Å². The summed E-state index contributed by atoms with van der Waals surface area (Å²) in [6.45, 7) is 0. The number of esters is 1. The van der Waals surface area contributed by atoms with Crippen LogP contribution in [0.5, 0.6) is 5.75 Å². The van der Waals surface area contributed by atoms with Crippen LogP contribution in [-0.4, -0.2) is 55.4 Å². The second-order valence-electron chi connectivity index (χ2n) is 6.13. The second kappa shape index (κ2) is 9.18. The third-order valence-electron chi connectivity index (χ3n) is 3.95. The maximum atomic E-state index is 11.6. The van der Waals surface area contributed by atoms with Crippen LogP contribution in [0, 0.1) is 0 Å². The average molecular weight is 449 g/mol. The highest BCUT2D eigenvalue weighted by Crippen LogP contribution is 2.32. The molecule has 0 aliphatic rings. The van der Waals surface area contributed by atoms with E-state index in [0.717, 1.165) is 6.26 Å². The molecule has 0 saturated heterocycles. The highest BCUT2D eigenvalue weighted by molar-refractivity contribution is 7.99. The summed E-state index contributed by atoms with van der Waals surface area (Å²) in [5, 5.41) is 9.01. The number of carbonyl (C=O) groups excluding carboxylic acids is 1. The summed E-state index contributed by atoms with van der Waals surface area (Å²) in [4.78, 5) is 11.6. The highest BCUT2D eigenvalue weighted by atomic mass is 32.2. The quantitative estimate of drug-likeness (QED) is 0.413. The fourth-order valence-electron chi connectivity index (χ4n) is 2.67. The van der Waals surface area contributed by atoms with Crippen LogP contribution in [0.2, 0.25) is 0 Å². The van der Waals surface area contributed by atoms with Gasteiger partial charge < -0.3 is 9.47 Å². The maximum absolute atomic E-state index is 11.6. The first-order valence-electron chi connectivity index (χ1n) is 8.69. The molecule has 30 heavy (non-hydrogen) atoms. The summed E-state index contributed by atoms with van der Waals surface area (Å²) in [6, 6.07) is 14.1. The molecule has 0 atom stereocenters. The molecule has 0 bridgehead atoms. The van der Waals surface area contributed by atoms with Crippen molar-refractivity contribution in [3.05, 3.63) is 48.5 Å². The number of carbonyl (C=O) groups is 1. The van der Waals surface area contributed by atoms with Crippen LogP contribution in [0.1, 0.15) is 0 Å². The number of nitrogens with one attached hydrogen (secondary N) is 1. The summed E-state index contributed by atoms with van der Waals surface area (Å²) in [6.07, 6.45) is 1.09. The van der Waals surface area contributed by atoms with Crippen LogP contribution in [0.3, 0.4) is 0 Å². The van der Waals surface area contributed by atoms with Crippen molar-refractivity contribution in [2.75, 3.05) is 31.0 Å². The first-order chi connectivity index (χ1) is 14.3. The minimum Gasteiger partial charge on any atom is -0.495 e. The van der Waals surface area contributed by atoms with Crippen LogP contribution >= 0.6 is 11.8 Å². The van der Waals surface area contributed by atoms with E-state index >= 15 is 0 Å². The Bertz CT molecular complexity index is 1140. The molecule has 0 amide bonds. The molecule has 0 unspecified atom stereocenters. The SMILES string of the molecule is COC(=O)CSc1nnc(-c2ccc(NS(C)(=O)=O)cc2)n1-c1ccccc1OC. The number of thioether (sulfide) groups is 1. The maximum Gasteiger partial charge on any atom is 0.316 e. The number of rotatable bonds is 8. The number of hydrogen-bond donors (Lipinski definition) is 1. The normalized spacial score (nSPS) is 11.2. The van der Waals surface area contributed by atoms with E-state index in [1.807, 2.05) is 24.3 Å². The van der Waals surface area contributed by atoms with E-state index in [9.17, 15) is 13.2 Å². The van der Waals surface area contributed by atoms with Crippen molar-refractivity contribution in [1.29, 1.82) is 0 Å². The monoisotopic (exact) mass is 448 g/mol. The van der Waals surface area contributed by atoms with E-state index in [0.29, 0.717) is 33.7 Å². The summed E-state index contributed by atoms with van der Waals surface area (Å²) >= 11 is 1.19.